The smallest absolute Gasteiger partial charge is 0.115 e. The summed E-state index contributed by atoms with van der Waals surface area (Å²) in [7, 11) is 1.84. The molecule has 0 radical (unpaired) electrons. The number of morpholine rings is 1. The Bertz CT molecular complexity index is 358. The van der Waals surface area contributed by atoms with Gasteiger partial charge in [-0.25, -0.2) is 4.39 Å². The largest absolute Gasteiger partial charge is 0.379 e. The normalized spacial score (nSPS) is 24.5. The fourth-order valence-electron chi connectivity index (χ4n) is 2.27. The minimum atomic E-state index is -1.24. The predicted molar refractivity (Wildman–Crippen MR) is 63.7 cm³/mol. The van der Waals surface area contributed by atoms with E-state index in [9.17, 15) is 4.39 Å². The van der Waals surface area contributed by atoms with Crippen LogP contribution in [0.4, 0.5) is 4.39 Å². The predicted octanol–water partition coefficient (Wildman–Crippen LogP) is 1.07. The number of aromatic nitrogens is 2. The second-order valence-electron chi connectivity index (χ2n) is 5.00. The molecule has 2 unspecified atom stereocenters. The summed E-state index contributed by atoms with van der Waals surface area (Å²) in [6, 6.07) is 1.98. The van der Waals surface area contributed by atoms with Gasteiger partial charge < -0.3 is 10.1 Å². The first-order chi connectivity index (χ1) is 8.05. The molecule has 1 aliphatic rings. The van der Waals surface area contributed by atoms with E-state index in [1.54, 1.807) is 11.6 Å². The molecule has 2 rings (SSSR count). The molecule has 96 valence electrons. The molecule has 0 amide bonds. The molecule has 1 saturated heterocycles. The molecule has 2 atom stereocenters. The Morgan fingerprint density at radius 1 is 1.71 bits per heavy atom. The summed E-state index contributed by atoms with van der Waals surface area (Å²) in [5, 5.41) is 7.49. The van der Waals surface area contributed by atoms with Crippen molar-refractivity contribution < 1.29 is 9.13 Å². The lowest BCUT2D eigenvalue weighted by molar-refractivity contribution is 0.0481. The summed E-state index contributed by atoms with van der Waals surface area (Å²) in [5.41, 5.74) is -0.443. The van der Waals surface area contributed by atoms with E-state index < -0.39 is 5.67 Å². The molecule has 0 aliphatic carbocycles. The van der Waals surface area contributed by atoms with Gasteiger partial charge in [0.25, 0.3) is 0 Å². The summed E-state index contributed by atoms with van der Waals surface area (Å²) in [6.07, 6.45) is 2.66. The second kappa shape index (κ2) is 5.14. The van der Waals surface area contributed by atoms with Gasteiger partial charge in [0.15, 0.2) is 0 Å². The molecule has 1 aliphatic heterocycles. The topological polar surface area (TPSA) is 39.1 Å². The molecule has 5 heteroatoms. The molecule has 1 fully saturated rings. The lowest BCUT2D eigenvalue weighted by atomic mass is 9.93. The Kier molecular flexibility index (Phi) is 3.79. The van der Waals surface area contributed by atoms with E-state index >= 15 is 0 Å². The highest BCUT2D eigenvalue weighted by atomic mass is 19.1. The minimum absolute atomic E-state index is 0.113. The van der Waals surface area contributed by atoms with Crippen LogP contribution in [0, 0.1) is 0 Å². The third kappa shape index (κ3) is 3.78. The minimum Gasteiger partial charge on any atom is -0.379 e. The first-order valence-corrected chi connectivity index (χ1v) is 6.04. The van der Waals surface area contributed by atoms with Gasteiger partial charge in [0, 0.05) is 32.3 Å². The summed E-state index contributed by atoms with van der Waals surface area (Å²) >= 11 is 0. The lowest BCUT2D eigenvalue weighted by Crippen LogP contribution is -2.45. The molecular formula is C12H20FN3O. The molecule has 1 N–H and O–H groups in total. The second-order valence-corrected chi connectivity index (χ2v) is 5.00. The van der Waals surface area contributed by atoms with Gasteiger partial charge in [0.1, 0.15) is 5.67 Å². The van der Waals surface area contributed by atoms with Crippen LogP contribution in [-0.4, -0.2) is 41.2 Å². The van der Waals surface area contributed by atoms with Crippen LogP contribution in [0.5, 0.6) is 0 Å². The Balaban J connectivity index is 1.88. The van der Waals surface area contributed by atoms with E-state index in [-0.39, 0.29) is 6.04 Å². The molecule has 1 aromatic rings. The van der Waals surface area contributed by atoms with Crippen molar-refractivity contribution in [2.45, 2.75) is 31.5 Å². The Hall–Kier alpha value is -0.940. The maximum absolute atomic E-state index is 14.4. The number of halogens is 1. The quantitative estimate of drug-likeness (QED) is 0.857. The average Bonchev–Trinajstić information content (AvgIpc) is 2.63. The highest BCUT2D eigenvalue weighted by Crippen LogP contribution is 2.23. The Labute approximate surface area is 101 Å². The number of nitrogens with zero attached hydrogens (tertiary/aromatic N) is 2. The molecule has 4 nitrogen and oxygen atoms in total. The lowest BCUT2D eigenvalue weighted by Gasteiger charge is -2.29. The number of ether oxygens (including phenoxy) is 1. The van der Waals surface area contributed by atoms with Gasteiger partial charge in [-0.3, -0.25) is 4.68 Å². The van der Waals surface area contributed by atoms with Gasteiger partial charge in [-0.1, -0.05) is 0 Å². The zero-order valence-corrected chi connectivity index (χ0v) is 10.4. The van der Waals surface area contributed by atoms with E-state index in [2.05, 4.69) is 10.4 Å². The summed E-state index contributed by atoms with van der Waals surface area (Å²) in [5.74, 6) is 0. The van der Waals surface area contributed by atoms with Crippen LogP contribution in [0.2, 0.25) is 0 Å². The highest BCUT2D eigenvalue weighted by molar-refractivity contribution is 5.03. The van der Waals surface area contributed by atoms with Crippen molar-refractivity contribution in [3.63, 3.8) is 0 Å². The van der Waals surface area contributed by atoms with Crippen molar-refractivity contribution in [3.8, 4) is 0 Å². The number of nitrogens with one attached hydrogen (secondary N) is 1. The summed E-state index contributed by atoms with van der Waals surface area (Å²) in [6.45, 7) is 3.77. The van der Waals surface area contributed by atoms with E-state index in [4.69, 9.17) is 4.74 Å². The van der Waals surface area contributed by atoms with Gasteiger partial charge in [-0.05, 0) is 19.4 Å². The fraction of sp³-hybridized carbons (Fsp3) is 0.750. The van der Waals surface area contributed by atoms with Crippen LogP contribution in [0.3, 0.4) is 0 Å². The van der Waals surface area contributed by atoms with Crippen LogP contribution in [0.1, 0.15) is 19.0 Å². The molecule has 0 saturated carbocycles. The van der Waals surface area contributed by atoms with Crippen LogP contribution < -0.4 is 5.32 Å². The molecule has 2 heterocycles. The van der Waals surface area contributed by atoms with Crippen LogP contribution >= 0.6 is 0 Å². The zero-order chi connectivity index (χ0) is 12.3. The van der Waals surface area contributed by atoms with Gasteiger partial charge in [0.2, 0.25) is 0 Å². The third-order valence-corrected chi connectivity index (χ3v) is 2.99. The zero-order valence-electron chi connectivity index (χ0n) is 10.4. The standard InChI is InChI=1S/C12H20FN3O/c1-12(13,7-10-3-5-16(2)15-10)8-11-9-17-6-4-14-11/h3,5,11,14H,4,6-9H2,1-2H3. The highest BCUT2D eigenvalue weighted by Gasteiger charge is 2.29. The van der Waals surface area contributed by atoms with E-state index in [1.165, 1.54) is 0 Å². The maximum Gasteiger partial charge on any atom is 0.115 e. The Morgan fingerprint density at radius 3 is 3.12 bits per heavy atom. The number of aryl methyl sites for hydroxylation is 1. The SMILES string of the molecule is Cn1ccc(CC(C)(F)CC2COCCN2)n1. The molecular weight excluding hydrogens is 221 g/mol. The molecule has 0 bridgehead atoms. The number of rotatable bonds is 4. The monoisotopic (exact) mass is 241 g/mol. The number of hydrogen-bond donors (Lipinski definition) is 1. The van der Waals surface area contributed by atoms with Crippen molar-refractivity contribution in [2.24, 2.45) is 7.05 Å². The van der Waals surface area contributed by atoms with E-state index in [1.807, 2.05) is 19.3 Å². The van der Waals surface area contributed by atoms with Crippen molar-refractivity contribution in [1.82, 2.24) is 15.1 Å². The van der Waals surface area contributed by atoms with E-state index in [0.29, 0.717) is 19.4 Å². The molecule has 17 heavy (non-hydrogen) atoms. The number of hydrogen-bond acceptors (Lipinski definition) is 3. The molecule has 1 aromatic heterocycles. The van der Waals surface area contributed by atoms with Gasteiger partial charge in [0.05, 0.1) is 18.9 Å². The Morgan fingerprint density at radius 2 is 2.53 bits per heavy atom. The van der Waals surface area contributed by atoms with Gasteiger partial charge in [-0.15, -0.1) is 0 Å². The van der Waals surface area contributed by atoms with Crippen molar-refractivity contribution in [2.75, 3.05) is 19.8 Å². The third-order valence-electron chi connectivity index (χ3n) is 2.99. The van der Waals surface area contributed by atoms with Crippen LogP contribution in [0.25, 0.3) is 0 Å². The summed E-state index contributed by atoms with van der Waals surface area (Å²) < 4.78 is 21.5. The van der Waals surface area contributed by atoms with Crippen LogP contribution in [0.15, 0.2) is 12.3 Å². The molecule has 0 aromatic carbocycles. The van der Waals surface area contributed by atoms with Crippen molar-refractivity contribution in [1.29, 1.82) is 0 Å². The molecule has 0 spiro atoms. The number of alkyl halides is 1. The van der Waals surface area contributed by atoms with Gasteiger partial charge in [-0.2, -0.15) is 5.10 Å². The van der Waals surface area contributed by atoms with Crippen LogP contribution in [-0.2, 0) is 18.2 Å². The first-order valence-electron chi connectivity index (χ1n) is 6.04. The van der Waals surface area contributed by atoms with Crippen molar-refractivity contribution >= 4 is 0 Å². The fourth-order valence-corrected chi connectivity index (χ4v) is 2.27. The summed E-state index contributed by atoms with van der Waals surface area (Å²) in [4.78, 5) is 0. The van der Waals surface area contributed by atoms with E-state index in [0.717, 1.165) is 18.8 Å². The van der Waals surface area contributed by atoms with Gasteiger partial charge >= 0.3 is 0 Å². The first kappa shape index (κ1) is 12.5. The maximum atomic E-state index is 14.4. The van der Waals surface area contributed by atoms with Crippen molar-refractivity contribution in [3.05, 3.63) is 18.0 Å². The average molecular weight is 241 g/mol.